The van der Waals surface area contributed by atoms with Crippen LogP contribution in [-0.4, -0.2) is 32.2 Å². The van der Waals surface area contributed by atoms with E-state index in [1.165, 1.54) is 0 Å². The zero-order valence-electron chi connectivity index (χ0n) is 24.9. The molecule has 0 bridgehead atoms. The van der Waals surface area contributed by atoms with Crippen molar-refractivity contribution < 1.29 is 22.7 Å². The molecule has 0 spiro atoms. The van der Waals surface area contributed by atoms with Crippen LogP contribution in [0.5, 0.6) is 11.5 Å². The minimum atomic E-state index is -3.82. The first-order valence-corrected chi connectivity index (χ1v) is 16.3. The predicted molar refractivity (Wildman–Crippen MR) is 179 cm³/mol. The summed E-state index contributed by atoms with van der Waals surface area (Å²) in [5, 5.41) is 14.7. The normalized spacial score (nSPS) is 12.5. The molecule has 7 rings (SSSR count). The van der Waals surface area contributed by atoms with Gasteiger partial charge in [0.25, 0.3) is 0 Å². The summed E-state index contributed by atoms with van der Waals surface area (Å²) in [6.45, 7) is 0.0949. The molecule has 2 aromatic heterocycles. The summed E-state index contributed by atoms with van der Waals surface area (Å²) in [7, 11) is -2.25. The number of hydrogen-bond acceptors (Lipinski definition) is 6. The van der Waals surface area contributed by atoms with Crippen molar-refractivity contribution in [2.75, 3.05) is 13.7 Å². The van der Waals surface area contributed by atoms with Gasteiger partial charge in [-0.1, -0.05) is 72.8 Å². The third kappa shape index (κ3) is 5.29. The van der Waals surface area contributed by atoms with Crippen LogP contribution in [0.25, 0.3) is 32.6 Å². The molecule has 0 aliphatic carbocycles. The number of fused-ring (bicyclic) bond motifs is 3. The highest BCUT2D eigenvalue weighted by Crippen LogP contribution is 2.41. The van der Waals surface area contributed by atoms with Gasteiger partial charge < -0.3 is 19.2 Å². The molecule has 7 aromatic rings. The molecule has 230 valence electrons. The maximum atomic E-state index is 13.6. The summed E-state index contributed by atoms with van der Waals surface area (Å²) in [6, 6.07) is 34.5. The van der Waals surface area contributed by atoms with Crippen LogP contribution in [0.2, 0.25) is 0 Å². The van der Waals surface area contributed by atoms with Crippen molar-refractivity contribution in [2.24, 2.45) is 0 Å². The van der Waals surface area contributed by atoms with Gasteiger partial charge in [0, 0.05) is 23.1 Å². The van der Waals surface area contributed by atoms with E-state index in [-0.39, 0.29) is 28.3 Å². The van der Waals surface area contributed by atoms with Gasteiger partial charge in [-0.3, -0.25) is 0 Å². The second-order valence-electron chi connectivity index (χ2n) is 11.1. The Kier molecular flexibility index (Phi) is 7.56. The number of benzene rings is 5. The van der Waals surface area contributed by atoms with Crippen molar-refractivity contribution >= 4 is 42.7 Å². The van der Waals surface area contributed by atoms with Crippen molar-refractivity contribution in [1.29, 1.82) is 0 Å². The van der Waals surface area contributed by atoms with Crippen LogP contribution in [0.3, 0.4) is 0 Å². The second-order valence-corrected chi connectivity index (χ2v) is 12.8. The van der Waals surface area contributed by atoms with Crippen molar-refractivity contribution in [3.8, 4) is 11.5 Å². The summed E-state index contributed by atoms with van der Waals surface area (Å²) in [5.74, 6) is -0.308. The number of aromatic hydroxyl groups is 1. The zero-order chi connectivity index (χ0) is 31.8. The molecule has 3 N–H and O–H groups in total. The van der Waals surface area contributed by atoms with Crippen molar-refractivity contribution in [1.82, 2.24) is 9.71 Å². The van der Waals surface area contributed by atoms with Crippen LogP contribution in [0, 0.1) is 0 Å². The average molecular weight is 631 g/mol. The number of H-pyrrole nitrogens is 1. The van der Waals surface area contributed by atoms with Crippen LogP contribution in [0.4, 0.5) is 0 Å². The molecule has 0 aliphatic rings. The molecule has 8 nitrogen and oxygen atoms in total. The molecule has 0 aliphatic heterocycles. The largest absolute Gasteiger partial charge is 0.507 e. The van der Waals surface area contributed by atoms with Crippen LogP contribution in [-0.2, 0) is 16.4 Å². The molecule has 0 saturated heterocycles. The summed E-state index contributed by atoms with van der Waals surface area (Å²) in [4.78, 5) is 17.3. The first-order valence-electron chi connectivity index (χ1n) is 14.8. The first kappa shape index (κ1) is 29.3. The summed E-state index contributed by atoms with van der Waals surface area (Å²) in [6.07, 6.45) is 0.304. The van der Waals surface area contributed by atoms with E-state index in [1.54, 1.807) is 61.7 Å². The Morgan fingerprint density at radius 3 is 2.33 bits per heavy atom. The quantitative estimate of drug-likeness (QED) is 0.150. The molecule has 0 radical (unpaired) electrons. The van der Waals surface area contributed by atoms with Crippen LogP contribution >= 0.6 is 0 Å². The third-order valence-corrected chi connectivity index (χ3v) is 9.85. The van der Waals surface area contributed by atoms with Crippen molar-refractivity contribution in [3.05, 3.63) is 148 Å². The lowest BCUT2D eigenvalue weighted by molar-refractivity contribution is 0.414. The zero-order valence-corrected chi connectivity index (χ0v) is 25.7. The topological polar surface area (TPSA) is 122 Å². The molecule has 5 aromatic carbocycles. The highest BCUT2D eigenvalue weighted by molar-refractivity contribution is 7.89. The van der Waals surface area contributed by atoms with Gasteiger partial charge in [0.15, 0.2) is 0 Å². The number of methoxy groups -OCH3 is 1. The van der Waals surface area contributed by atoms with E-state index >= 15 is 0 Å². The van der Waals surface area contributed by atoms with Gasteiger partial charge in [-0.05, 0) is 70.8 Å². The fourth-order valence-electron chi connectivity index (χ4n) is 6.14. The van der Waals surface area contributed by atoms with E-state index in [0.717, 1.165) is 27.2 Å². The number of rotatable bonds is 9. The lowest BCUT2D eigenvalue weighted by Crippen LogP contribution is -2.26. The van der Waals surface area contributed by atoms with Gasteiger partial charge in [-0.15, -0.1) is 0 Å². The summed E-state index contributed by atoms with van der Waals surface area (Å²) < 4.78 is 40.6. The van der Waals surface area contributed by atoms with Gasteiger partial charge in [0.05, 0.1) is 28.9 Å². The molecule has 46 heavy (non-hydrogen) atoms. The molecule has 0 amide bonds. The van der Waals surface area contributed by atoms with E-state index in [2.05, 4.69) is 9.71 Å². The Morgan fingerprint density at radius 2 is 1.54 bits per heavy atom. The second kappa shape index (κ2) is 11.8. The maximum Gasteiger partial charge on any atom is 0.344 e. The maximum absolute atomic E-state index is 13.6. The van der Waals surface area contributed by atoms with Crippen LogP contribution < -0.4 is 15.1 Å². The summed E-state index contributed by atoms with van der Waals surface area (Å²) >= 11 is 0. The molecule has 0 saturated carbocycles. The van der Waals surface area contributed by atoms with Crippen molar-refractivity contribution in [3.63, 3.8) is 0 Å². The first-order chi connectivity index (χ1) is 22.3. The average Bonchev–Trinajstić information content (AvgIpc) is 3.44. The standard InChI is InChI=1S/C37H30N2O6S/c1-44-26-17-14-24(15-18-26)33(34-36(40)30-11-5-7-13-32(30)45-37(34)41)35-29(28-10-4-6-12-31(28)39-35)20-21-38-46(42,43)27-19-16-23-8-2-3-9-25(23)22-27/h2-19,22,33,38-40H,20-21H2,1H3. The highest BCUT2D eigenvalue weighted by Gasteiger charge is 2.30. The number of nitrogens with one attached hydrogen (secondary N) is 2. The fraction of sp³-hybridized carbons (Fsp3) is 0.108. The Balaban J connectivity index is 1.33. The third-order valence-electron chi connectivity index (χ3n) is 8.39. The van der Waals surface area contributed by atoms with Gasteiger partial charge in [-0.2, -0.15) is 0 Å². The minimum absolute atomic E-state index is 0.0772. The number of sulfonamides is 1. The Labute approximate surface area is 265 Å². The Bertz CT molecular complexity index is 2390. The molecule has 2 heterocycles. The smallest absolute Gasteiger partial charge is 0.344 e. The summed E-state index contributed by atoms with van der Waals surface area (Å²) in [5.41, 5.74) is 2.67. The minimum Gasteiger partial charge on any atom is -0.507 e. The van der Waals surface area contributed by atoms with Crippen LogP contribution in [0.1, 0.15) is 28.3 Å². The predicted octanol–water partition coefficient (Wildman–Crippen LogP) is 6.84. The Hall–Kier alpha value is -5.38. The van der Waals surface area contributed by atoms with E-state index in [0.29, 0.717) is 28.8 Å². The molecule has 0 fully saturated rings. The molecular formula is C37H30N2O6S. The molecule has 1 unspecified atom stereocenters. The Morgan fingerprint density at radius 1 is 0.848 bits per heavy atom. The van der Waals surface area contributed by atoms with E-state index in [9.17, 15) is 18.3 Å². The van der Waals surface area contributed by atoms with Gasteiger partial charge >= 0.3 is 5.63 Å². The van der Waals surface area contributed by atoms with E-state index < -0.39 is 21.6 Å². The SMILES string of the molecule is COc1ccc(C(c2[nH]c3ccccc3c2CCNS(=O)(=O)c2ccc3ccccc3c2)c2c(O)c3ccccc3oc2=O)cc1. The molecular weight excluding hydrogens is 600 g/mol. The highest BCUT2D eigenvalue weighted by atomic mass is 32.2. The number of hydrogen-bond donors (Lipinski definition) is 3. The molecule has 9 heteroatoms. The number of ether oxygens (including phenoxy) is 1. The fourth-order valence-corrected chi connectivity index (χ4v) is 7.21. The lowest BCUT2D eigenvalue weighted by atomic mass is 9.85. The monoisotopic (exact) mass is 630 g/mol. The van der Waals surface area contributed by atoms with Crippen LogP contribution in [0.15, 0.2) is 129 Å². The lowest BCUT2D eigenvalue weighted by Gasteiger charge is -2.20. The van der Waals surface area contributed by atoms with E-state index in [1.807, 2.05) is 60.7 Å². The number of para-hydroxylation sites is 2. The number of aromatic amines is 1. The molecule has 1 atom stereocenters. The number of aromatic nitrogens is 1. The van der Waals surface area contributed by atoms with Gasteiger partial charge in [0.1, 0.15) is 17.1 Å². The van der Waals surface area contributed by atoms with Crippen molar-refractivity contribution in [2.45, 2.75) is 17.2 Å². The van der Waals surface area contributed by atoms with E-state index in [4.69, 9.17) is 9.15 Å². The van der Waals surface area contributed by atoms with Gasteiger partial charge in [0.2, 0.25) is 10.0 Å². The van der Waals surface area contributed by atoms with Gasteiger partial charge in [-0.25, -0.2) is 17.9 Å².